The van der Waals surface area contributed by atoms with Gasteiger partial charge in [-0.1, -0.05) is 6.92 Å². The minimum absolute atomic E-state index is 0.0667. The fourth-order valence-electron chi connectivity index (χ4n) is 2.23. The summed E-state index contributed by atoms with van der Waals surface area (Å²) >= 11 is 0. The van der Waals surface area contributed by atoms with E-state index >= 15 is 0 Å². The molecule has 0 atom stereocenters. The third kappa shape index (κ3) is 1.95. The Hall–Kier alpha value is -0.650. The maximum Gasteiger partial charge on any atom is 0.235 e. The van der Waals surface area contributed by atoms with Gasteiger partial charge in [0, 0.05) is 26.2 Å². The monoisotopic (exact) mass is 228 g/mol. The number of carbonyl (C=O) groups is 1. The summed E-state index contributed by atoms with van der Waals surface area (Å²) in [6.07, 6.45) is 0. The highest BCUT2D eigenvalue weighted by Crippen LogP contribution is 2.29. The summed E-state index contributed by atoms with van der Waals surface area (Å²) in [5, 5.41) is 9.30. The van der Waals surface area contributed by atoms with E-state index in [0.717, 1.165) is 32.7 Å². The SMILES string of the molecule is CCN1CCN(C(=O)C2(CO)COC2)CC1. The molecule has 0 radical (unpaired) electrons. The molecule has 0 bridgehead atoms. The Morgan fingerprint density at radius 3 is 2.31 bits per heavy atom. The van der Waals surface area contributed by atoms with Crippen molar-refractivity contribution in [3.63, 3.8) is 0 Å². The van der Waals surface area contributed by atoms with Crippen LogP contribution in [0.1, 0.15) is 6.92 Å². The van der Waals surface area contributed by atoms with Crippen molar-refractivity contribution in [2.75, 3.05) is 52.5 Å². The predicted octanol–water partition coefficient (Wildman–Crippen LogP) is -0.841. The molecule has 2 rings (SSSR count). The van der Waals surface area contributed by atoms with Crippen LogP contribution in [0.3, 0.4) is 0 Å². The number of likely N-dealkylation sites (N-methyl/N-ethyl adjacent to an activating group) is 1. The molecule has 0 saturated carbocycles. The van der Waals surface area contributed by atoms with Crippen LogP contribution in [0.5, 0.6) is 0 Å². The van der Waals surface area contributed by atoms with E-state index in [1.165, 1.54) is 0 Å². The third-order valence-electron chi connectivity index (χ3n) is 3.62. The molecular formula is C11H20N2O3. The highest BCUT2D eigenvalue weighted by molar-refractivity contribution is 5.84. The molecule has 2 aliphatic heterocycles. The summed E-state index contributed by atoms with van der Waals surface area (Å²) in [5.41, 5.74) is -0.631. The summed E-state index contributed by atoms with van der Waals surface area (Å²) < 4.78 is 5.07. The molecule has 1 amide bonds. The van der Waals surface area contributed by atoms with Gasteiger partial charge in [0.05, 0.1) is 19.8 Å². The van der Waals surface area contributed by atoms with E-state index in [-0.39, 0.29) is 12.5 Å². The number of aliphatic hydroxyl groups excluding tert-OH is 1. The maximum atomic E-state index is 12.2. The lowest BCUT2D eigenvalue weighted by Gasteiger charge is -2.44. The summed E-state index contributed by atoms with van der Waals surface area (Å²) in [7, 11) is 0. The van der Waals surface area contributed by atoms with E-state index in [1.54, 1.807) is 0 Å². The fourth-order valence-corrected chi connectivity index (χ4v) is 2.23. The second-order valence-electron chi connectivity index (χ2n) is 4.66. The Labute approximate surface area is 96.0 Å². The first-order valence-corrected chi connectivity index (χ1v) is 5.92. The quantitative estimate of drug-likeness (QED) is 0.684. The number of hydrogen-bond donors (Lipinski definition) is 1. The molecule has 0 aromatic carbocycles. The van der Waals surface area contributed by atoms with Gasteiger partial charge >= 0.3 is 0 Å². The Kier molecular flexibility index (Phi) is 3.47. The Bertz CT molecular complexity index is 252. The summed E-state index contributed by atoms with van der Waals surface area (Å²) in [4.78, 5) is 16.4. The van der Waals surface area contributed by atoms with Crippen LogP contribution in [0, 0.1) is 5.41 Å². The first-order valence-electron chi connectivity index (χ1n) is 5.92. The summed E-state index contributed by atoms with van der Waals surface area (Å²) in [6, 6.07) is 0. The molecule has 1 N–H and O–H groups in total. The van der Waals surface area contributed by atoms with Gasteiger partial charge in [-0.3, -0.25) is 4.79 Å². The van der Waals surface area contributed by atoms with Gasteiger partial charge in [-0.25, -0.2) is 0 Å². The first kappa shape index (κ1) is 11.8. The largest absolute Gasteiger partial charge is 0.395 e. The zero-order valence-corrected chi connectivity index (χ0v) is 9.81. The molecule has 92 valence electrons. The Balaban J connectivity index is 1.91. The smallest absolute Gasteiger partial charge is 0.235 e. The lowest BCUT2D eigenvalue weighted by molar-refractivity contribution is -0.181. The van der Waals surface area contributed by atoms with Gasteiger partial charge in [-0.2, -0.15) is 0 Å². The molecule has 0 aromatic heterocycles. The normalized spacial score (nSPS) is 25.2. The van der Waals surface area contributed by atoms with E-state index < -0.39 is 5.41 Å². The average molecular weight is 228 g/mol. The van der Waals surface area contributed by atoms with Crippen LogP contribution >= 0.6 is 0 Å². The van der Waals surface area contributed by atoms with Gasteiger partial charge in [0.2, 0.25) is 5.91 Å². The predicted molar refractivity (Wildman–Crippen MR) is 59.0 cm³/mol. The van der Waals surface area contributed by atoms with Crippen LogP contribution in [-0.4, -0.2) is 73.4 Å². The van der Waals surface area contributed by atoms with E-state index in [4.69, 9.17) is 4.74 Å². The van der Waals surface area contributed by atoms with Crippen molar-refractivity contribution in [2.24, 2.45) is 5.41 Å². The first-order chi connectivity index (χ1) is 7.72. The van der Waals surface area contributed by atoms with Crippen molar-refractivity contribution >= 4 is 5.91 Å². The van der Waals surface area contributed by atoms with Crippen LogP contribution < -0.4 is 0 Å². The molecule has 5 nitrogen and oxygen atoms in total. The molecule has 0 aromatic rings. The third-order valence-corrected chi connectivity index (χ3v) is 3.62. The van der Waals surface area contributed by atoms with Crippen LogP contribution in [0.25, 0.3) is 0 Å². The van der Waals surface area contributed by atoms with Crippen molar-refractivity contribution in [3.05, 3.63) is 0 Å². The van der Waals surface area contributed by atoms with Crippen molar-refractivity contribution in [3.8, 4) is 0 Å². The number of carbonyl (C=O) groups excluding carboxylic acids is 1. The molecule has 16 heavy (non-hydrogen) atoms. The standard InChI is InChI=1S/C11H20N2O3/c1-2-12-3-5-13(6-4-12)10(15)11(7-14)8-16-9-11/h14H,2-9H2,1H3. The maximum absolute atomic E-state index is 12.2. The number of aliphatic hydroxyl groups is 1. The second kappa shape index (κ2) is 4.69. The molecule has 0 spiro atoms. The lowest BCUT2D eigenvalue weighted by Crippen LogP contribution is -2.60. The molecule has 0 unspecified atom stereocenters. The van der Waals surface area contributed by atoms with E-state index in [2.05, 4.69) is 11.8 Å². The molecular weight excluding hydrogens is 208 g/mol. The molecule has 0 aliphatic carbocycles. The zero-order chi connectivity index (χ0) is 11.6. The number of amides is 1. The van der Waals surface area contributed by atoms with Crippen molar-refractivity contribution in [1.82, 2.24) is 9.80 Å². The molecule has 2 aliphatic rings. The highest BCUT2D eigenvalue weighted by atomic mass is 16.5. The molecule has 5 heteroatoms. The Morgan fingerprint density at radius 1 is 1.31 bits per heavy atom. The van der Waals surface area contributed by atoms with Crippen LogP contribution in [0.4, 0.5) is 0 Å². The number of hydrogen-bond acceptors (Lipinski definition) is 4. The van der Waals surface area contributed by atoms with Gasteiger partial charge in [-0.15, -0.1) is 0 Å². The van der Waals surface area contributed by atoms with Gasteiger partial charge in [0.15, 0.2) is 0 Å². The van der Waals surface area contributed by atoms with Crippen LogP contribution in [0.2, 0.25) is 0 Å². The molecule has 2 fully saturated rings. The Morgan fingerprint density at radius 2 is 1.94 bits per heavy atom. The zero-order valence-electron chi connectivity index (χ0n) is 9.81. The van der Waals surface area contributed by atoms with Crippen molar-refractivity contribution in [2.45, 2.75) is 6.92 Å². The van der Waals surface area contributed by atoms with Crippen molar-refractivity contribution in [1.29, 1.82) is 0 Å². The number of nitrogens with zero attached hydrogens (tertiary/aromatic N) is 2. The fraction of sp³-hybridized carbons (Fsp3) is 0.909. The van der Waals surface area contributed by atoms with E-state index in [1.807, 2.05) is 4.90 Å². The van der Waals surface area contributed by atoms with Gasteiger partial charge < -0.3 is 19.6 Å². The minimum atomic E-state index is -0.631. The number of piperazine rings is 1. The van der Waals surface area contributed by atoms with Gasteiger partial charge in [0.25, 0.3) is 0 Å². The van der Waals surface area contributed by atoms with Gasteiger partial charge in [-0.05, 0) is 6.54 Å². The molecule has 2 heterocycles. The minimum Gasteiger partial charge on any atom is -0.395 e. The van der Waals surface area contributed by atoms with Crippen molar-refractivity contribution < 1.29 is 14.6 Å². The number of ether oxygens (including phenoxy) is 1. The van der Waals surface area contributed by atoms with E-state index in [0.29, 0.717) is 13.2 Å². The van der Waals surface area contributed by atoms with E-state index in [9.17, 15) is 9.90 Å². The number of rotatable bonds is 3. The lowest BCUT2D eigenvalue weighted by atomic mass is 9.85. The average Bonchev–Trinajstić information content (AvgIpc) is 2.28. The summed E-state index contributed by atoms with van der Waals surface area (Å²) in [5.74, 6) is 0.0667. The highest BCUT2D eigenvalue weighted by Gasteiger charge is 2.47. The van der Waals surface area contributed by atoms with Gasteiger partial charge in [0.1, 0.15) is 5.41 Å². The van der Waals surface area contributed by atoms with Crippen LogP contribution in [-0.2, 0) is 9.53 Å². The summed E-state index contributed by atoms with van der Waals surface area (Å²) in [6.45, 7) is 7.23. The topological polar surface area (TPSA) is 53.0 Å². The molecule has 2 saturated heterocycles. The second-order valence-corrected chi connectivity index (χ2v) is 4.66. The van der Waals surface area contributed by atoms with Crippen LogP contribution in [0.15, 0.2) is 0 Å².